The molecule has 0 radical (unpaired) electrons. The Hall–Kier alpha value is -3.85. The number of halogens is 2. The van der Waals surface area contributed by atoms with E-state index in [4.69, 9.17) is 11.6 Å². The van der Waals surface area contributed by atoms with Crippen molar-refractivity contribution < 1.29 is 19.1 Å². The third kappa shape index (κ3) is 3.23. The lowest BCUT2D eigenvalue weighted by Crippen LogP contribution is -2.52. The van der Waals surface area contributed by atoms with Crippen LogP contribution in [-0.4, -0.2) is 33.5 Å². The molecular weight excluding hydrogens is 451 g/mol. The van der Waals surface area contributed by atoms with Crippen molar-refractivity contribution in [3.05, 3.63) is 97.7 Å². The van der Waals surface area contributed by atoms with Crippen molar-refractivity contribution >= 4 is 23.4 Å². The lowest BCUT2D eigenvalue weighted by Gasteiger charge is -2.41. The van der Waals surface area contributed by atoms with Gasteiger partial charge >= 0.3 is 0 Å². The maximum absolute atomic E-state index is 14.0. The summed E-state index contributed by atoms with van der Waals surface area (Å²) in [6.45, 7) is 0.216. The zero-order valence-electron chi connectivity index (χ0n) is 17.4. The van der Waals surface area contributed by atoms with E-state index in [9.17, 15) is 23.9 Å². The number of nitrogens with one attached hydrogen (secondary N) is 1. The van der Waals surface area contributed by atoms with Crippen molar-refractivity contribution in [1.82, 2.24) is 14.9 Å². The average molecular weight is 469 g/mol. The van der Waals surface area contributed by atoms with Gasteiger partial charge in [0.25, 0.3) is 11.8 Å². The Morgan fingerprint density at radius 3 is 2.76 bits per heavy atom. The molecule has 0 fully saturated rings. The van der Waals surface area contributed by atoms with Gasteiger partial charge in [0.2, 0.25) is 5.43 Å². The molecule has 8 nitrogen and oxygen atoms in total. The SMILES string of the molecule is CN1C(=O)c2c(O)c(=O)c(C(=O)NCc3ccc(Cl)cc3F)cn2N2Cc3ccccc3[C@@H]12. The summed E-state index contributed by atoms with van der Waals surface area (Å²) in [5.74, 6) is -2.76. The first-order valence-corrected chi connectivity index (χ1v) is 10.5. The summed E-state index contributed by atoms with van der Waals surface area (Å²) in [5.41, 5.74) is 0.525. The van der Waals surface area contributed by atoms with Gasteiger partial charge in [-0.05, 0) is 17.7 Å². The average Bonchev–Trinajstić information content (AvgIpc) is 3.18. The predicted molar refractivity (Wildman–Crippen MR) is 118 cm³/mol. The van der Waals surface area contributed by atoms with Gasteiger partial charge in [0.15, 0.2) is 11.4 Å². The molecule has 2 amide bonds. The van der Waals surface area contributed by atoms with E-state index in [1.54, 1.807) is 12.1 Å². The van der Waals surface area contributed by atoms with E-state index in [2.05, 4.69) is 5.32 Å². The van der Waals surface area contributed by atoms with Gasteiger partial charge < -0.3 is 15.3 Å². The van der Waals surface area contributed by atoms with Crippen LogP contribution in [0.1, 0.15) is 43.7 Å². The molecule has 0 spiro atoms. The fraction of sp³-hybridized carbons (Fsp3) is 0.174. The van der Waals surface area contributed by atoms with Crippen molar-refractivity contribution in [3.8, 4) is 5.75 Å². The number of hydrogen-bond donors (Lipinski definition) is 2. The molecule has 0 saturated heterocycles. The molecule has 0 aliphatic carbocycles. The van der Waals surface area contributed by atoms with Crippen LogP contribution in [0, 0.1) is 5.82 Å². The summed E-state index contributed by atoms with van der Waals surface area (Å²) in [5, 5.41) is 15.1. The molecule has 0 bridgehead atoms. The molecule has 2 aromatic carbocycles. The van der Waals surface area contributed by atoms with Gasteiger partial charge in [0.1, 0.15) is 17.5 Å². The van der Waals surface area contributed by atoms with Crippen LogP contribution in [0.15, 0.2) is 53.5 Å². The number of pyridine rings is 1. The summed E-state index contributed by atoms with van der Waals surface area (Å²) in [4.78, 5) is 40.0. The minimum atomic E-state index is -0.979. The van der Waals surface area contributed by atoms with Crippen LogP contribution in [0.2, 0.25) is 5.02 Å². The summed E-state index contributed by atoms with van der Waals surface area (Å²) in [6.07, 6.45) is 0.788. The van der Waals surface area contributed by atoms with Gasteiger partial charge in [-0.3, -0.25) is 24.1 Å². The largest absolute Gasteiger partial charge is 0.502 e. The Morgan fingerprint density at radius 1 is 1.24 bits per heavy atom. The van der Waals surface area contributed by atoms with E-state index in [0.717, 1.165) is 17.2 Å². The molecule has 3 heterocycles. The molecule has 2 N–H and O–H groups in total. The lowest BCUT2D eigenvalue weighted by molar-refractivity contribution is 0.0640. The first kappa shape index (κ1) is 21.0. The third-order valence-electron chi connectivity index (χ3n) is 5.98. The molecule has 10 heteroatoms. The van der Waals surface area contributed by atoms with Crippen molar-refractivity contribution in [2.75, 3.05) is 12.1 Å². The zero-order valence-corrected chi connectivity index (χ0v) is 18.1. The highest BCUT2D eigenvalue weighted by Crippen LogP contribution is 2.39. The van der Waals surface area contributed by atoms with Crippen LogP contribution in [-0.2, 0) is 13.1 Å². The van der Waals surface area contributed by atoms with Crippen LogP contribution >= 0.6 is 11.6 Å². The van der Waals surface area contributed by atoms with Crippen LogP contribution in [0.3, 0.4) is 0 Å². The maximum atomic E-state index is 14.0. The van der Waals surface area contributed by atoms with E-state index in [-0.39, 0.29) is 28.4 Å². The van der Waals surface area contributed by atoms with E-state index >= 15 is 0 Å². The number of hydrogen-bond acceptors (Lipinski definition) is 5. The molecular formula is C23H18ClFN4O4. The summed E-state index contributed by atoms with van der Waals surface area (Å²) in [6, 6.07) is 11.6. The Kier molecular flexibility index (Phi) is 4.86. The van der Waals surface area contributed by atoms with E-state index in [0.29, 0.717) is 6.54 Å². The van der Waals surface area contributed by atoms with E-state index < -0.39 is 35.0 Å². The Balaban J connectivity index is 1.53. The molecule has 168 valence electrons. The van der Waals surface area contributed by atoms with Crippen LogP contribution in [0.4, 0.5) is 4.39 Å². The third-order valence-corrected chi connectivity index (χ3v) is 6.21. The first-order chi connectivity index (χ1) is 15.8. The second-order valence-electron chi connectivity index (χ2n) is 7.92. The normalized spacial score (nSPS) is 16.3. The number of amides is 2. The first-order valence-electron chi connectivity index (χ1n) is 10.1. The highest BCUT2D eigenvalue weighted by atomic mass is 35.5. The van der Waals surface area contributed by atoms with Crippen LogP contribution in [0.5, 0.6) is 5.75 Å². The number of carbonyl (C=O) groups excluding carboxylic acids is 2. The standard InChI is InChI=1S/C23H18ClFN4O4/c1-27-22-15-5-3-2-4-13(15)10-29(22)28-11-16(19(30)20(31)18(28)23(27)33)21(32)26-9-12-6-7-14(24)8-17(12)25/h2-8,11,22,31H,9-10H2,1H3,(H,26,32)/t22-/m0/s1. The Bertz CT molecular complexity index is 1390. The van der Waals surface area contributed by atoms with Crippen molar-refractivity contribution in [2.45, 2.75) is 19.3 Å². The number of benzene rings is 2. The highest BCUT2D eigenvalue weighted by molar-refractivity contribution is 6.30. The quantitative estimate of drug-likeness (QED) is 0.616. The topological polar surface area (TPSA) is 94.9 Å². The molecule has 2 aliphatic heterocycles. The van der Waals surface area contributed by atoms with Crippen molar-refractivity contribution in [2.24, 2.45) is 0 Å². The van der Waals surface area contributed by atoms with Crippen LogP contribution in [0.25, 0.3) is 0 Å². The maximum Gasteiger partial charge on any atom is 0.278 e. The van der Waals surface area contributed by atoms with Gasteiger partial charge in [0.05, 0.1) is 6.54 Å². The van der Waals surface area contributed by atoms with Gasteiger partial charge in [-0.15, -0.1) is 0 Å². The Labute approximate surface area is 192 Å². The number of carbonyl (C=O) groups is 2. The number of fused-ring (bicyclic) bond motifs is 5. The second-order valence-corrected chi connectivity index (χ2v) is 8.35. The highest BCUT2D eigenvalue weighted by Gasteiger charge is 2.43. The fourth-order valence-electron chi connectivity index (χ4n) is 4.32. The summed E-state index contributed by atoms with van der Waals surface area (Å²) >= 11 is 5.75. The summed E-state index contributed by atoms with van der Waals surface area (Å²) < 4.78 is 15.4. The van der Waals surface area contributed by atoms with Crippen molar-refractivity contribution in [1.29, 1.82) is 0 Å². The predicted octanol–water partition coefficient (Wildman–Crippen LogP) is 2.51. The van der Waals surface area contributed by atoms with E-state index in [1.165, 1.54) is 27.9 Å². The van der Waals surface area contributed by atoms with Crippen molar-refractivity contribution in [3.63, 3.8) is 0 Å². The Morgan fingerprint density at radius 2 is 2.00 bits per heavy atom. The molecule has 33 heavy (non-hydrogen) atoms. The monoisotopic (exact) mass is 468 g/mol. The van der Waals surface area contributed by atoms with Gasteiger partial charge in [0, 0.05) is 35.9 Å². The smallest absolute Gasteiger partial charge is 0.278 e. The zero-order chi connectivity index (χ0) is 23.4. The minimum Gasteiger partial charge on any atom is -0.502 e. The van der Waals surface area contributed by atoms with Crippen LogP contribution < -0.4 is 15.8 Å². The number of rotatable bonds is 3. The van der Waals surface area contributed by atoms with Gasteiger partial charge in [-0.1, -0.05) is 41.9 Å². The molecule has 5 rings (SSSR count). The molecule has 0 saturated carbocycles. The van der Waals surface area contributed by atoms with Gasteiger partial charge in [-0.2, -0.15) is 0 Å². The molecule has 3 aromatic rings. The van der Waals surface area contributed by atoms with E-state index in [1.807, 2.05) is 24.3 Å². The lowest BCUT2D eigenvalue weighted by atomic mass is 10.1. The second kappa shape index (κ2) is 7.63. The number of nitrogens with zero attached hydrogens (tertiary/aromatic N) is 3. The molecule has 2 aliphatic rings. The minimum absolute atomic E-state index is 0.182. The fourth-order valence-corrected chi connectivity index (χ4v) is 4.48. The summed E-state index contributed by atoms with van der Waals surface area (Å²) in [7, 11) is 1.59. The van der Waals surface area contributed by atoms with Gasteiger partial charge in [-0.25, -0.2) is 4.39 Å². The number of aromatic nitrogens is 1. The molecule has 0 unspecified atom stereocenters. The molecule has 1 aromatic heterocycles. The number of aromatic hydroxyl groups is 1. The molecule has 1 atom stereocenters.